The zero-order valence-electron chi connectivity index (χ0n) is 28.1. The van der Waals surface area contributed by atoms with Crippen LogP contribution in [0.2, 0.25) is 0 Å². The Hall–Kier alpha value is -6.97. The first-order valence-corrected chi connectivity index (χ1v) is 17.9. The summed E-state index contributed by atoms with van der Waals surface area (Å²) in [7, 11) is 0. The van der Waals surface area contributed by atoms with E-state index in [0.717, 1.165) is 11.4 Å². The zero-order chi connectivity index (χ0) is 33.9. The van der Waals surface area contributed by atoms with Gasteiger partial charge in [-0.2, -0.15) is 0 Å². The summed E-state index contributed by atoms with van der Waals surface area (Å²) in [6.45, 7) is 0. The molecule has 12 rings (SSSR count). The zero-order valence-corrected chi connectivity index (χ0v) is 28.1. The van der Waals surface area contributed by atoms with Gasteiger partial charge in [-0.25, -0.2) is 0 Å². The maximum atomic E-state index is 4.81. The van der Waals surface area contributed by atoms with Gasteiger partial charge in [-0.3, -0.25) is 4.98 Å². The third-order valence-corrected chi connectivity index (χ3v) is 11.3. The summed E-state index contributed by atoms with van der Waals surface area (Å²) in [5.41, 5.74) is 14.4. The summed E-state index contributed by atoms with van der Waals surface area (Å²) >= 11 is 0. The number of pyridine rings is 1. The SMILES string of the molecule is c1ccc(-n2c3ccc(-c4ccc5c(c4)c4ccccc4n5-c4ccc5c(c4)-c4cccc6ccnc-5c46)cc3c3ccc4ccccc4c32)cc1. The second-order valence-corrected chi connectivity index (χ2v) is 14.0. The Labute approximate surface area is 299 Å². The Morgan fingerprint density at radius 3 is 1.94 bits per heavy atom. The van der Waals surface area contributed by atoms with Crippen LogP contribution in [0, 0.1) is 0 Å². The number of hydrogen-bond donors (Lipinski definition) is 0. The minimum Gasteiger partial charge on any atom is -0.309 e. The molecule has 3 aromatic heterocycles. The van der Waals surface area contributed by atoms with E-state index in [0.29, 0.717) is 0 Å². The largest absolute Gasteiger partial charge is 0.309 e. The van der Waals surface area contributed by atoms with Gasteiger partial charge >= 0.3 is 0 Å². The van der Waals surface area contributed by atoms with Crippen LogP contribution < -0.4 is 0 Å². The molecule has 240 valence electrons. The highest BCUT2D eigenvalue weighted by atomic mass is 15.0. The van der Waals surface area contributed by atoms with Crippen LogP contribution in [-0.4, -0.2) is 14.1 Å². The number of nitrogens with zero attached hydrogens (tertiary/aromatic N) is 3. The summed E-state index contributed by atoms with van der Waals surface area (Å²) in [5.74, 6) is 0. The molecule has 0 spiro atoms. The van der Waals surface area contributed by atoms with E-state index in [-0.39, 0.29) is 0 Å². The van der Waals surface area contributed by atoms with Gasteiger partial charge in [-0.05, 0) is 93.7 Å². The average Bonchev–Trinajstić information content (AvgIpc) is 3.84. The molecule has 0 amide bonds. The monoisotopic (exact) mass is 659 g/mol. The molecule has 0 fully saturated rings. The number of fused-ring (bicyclic) bond motifs is 11. The number of benzene rings is 8. The first kappa shape index (κ1) is 27.8. The van der Waals surface area contributed by atoms with Crippen molar-refractivity contribution in [3.63, 3.8) is 0 Å². The van der Waals surface area contributed by atoms with Crippen LogP contribution in [-0.2, 0) is 0 Å². The number of para-hydroxylation sites is 2. The van der Waals surface area contributed by atoms with E-state index < -0.39 is 0 Å². The fraction of sp³-hybridized carbons (Fsp3) is 0. The van der Waals surface area contributed by atoms with Crippen molar-refractivity contribution >= 4 is 65.2 Å². The first-order chi connectivity index (χ1) is 25.8. The molecule has 8 aromatic carbocycles. The van der Waals surface area contributed by atoms with E-state index >= 15 is 0 Å². The number of rotatable bonds is 3. The minimum absolute atomic E-state index is 1.08. The molecule has 0 saturated carbocycles. The van der Waals surface area contributed by atoms with Gasteiger partial charge in [-0.15, -0.1) is 0 Å². The molecule has 0 bridgehead atoms. The second-order valence-electron chi connectivity index (χ2n) is 14.0. The van der Waals surface area contributed by atoms with Crippen molar-refractivity contribution in [2.45, 2.75) is 0 Å². The molecule has 1 aliphatic carbocycles. The van der Waals surface area contributed by atoms with Crippen LogP contribution >= 0.6 is 0 Å². The van der Waals surface area contributed by atoms with Crippen LogP contribution in [0.3, 0.4) is 0 Å². The smallest absolute Gasteiger partial charge is 0.0792 e. The lowest BCUT2D eigenvalue weighted by atomic mass is 10.00. The third kappa shape index (κ3) is 3.72. The van der Waals surface area contributed by atoms with Crippen molar-refractivity contribution in [1.82, 2.24) is 14.1 Å². The van der Waals surface area contributed by atoms with E-state index in [2.05, 4.69) is 179 Å². The van der Waals surface area contributed by atoms with Gasteiger partial charge in [0.25, 0.3) is 0 Å². The maximum Gasteiger partial charge on any atom is 0.0792 e. The van der Waals surface area contributed by atoms with E-state index in [9.17, 15) is 0 Å². The molecule has 11 aromatic rings. The molecule has 52 heavy (non-hydrogen) atoms. The third-order valence-electron chi connectivity index (χ3n) is 11.3. The number of hydrogen-bond acceptors (Lipinski definition) is 1. The summed E-state index contributed by atoms with van der Waals surface area (Å²) in [6, 6.07) is 62.3. The van der Waals surface area contributed by atoms with Crippen molar-refractivity contribution in [2.24, 2.45) is 0 Å². The van der Waals surface area contributed by atoms with Crippen molar-refractivity contribution in [1.29, 1.82) is 0 Å². The normalized spacial score (nSPS) is 12.2. The van der Waals surface area contributed by atoms with E-state index in [1.165, 1.54) is 98.7 Å². The predicted octanol–water partition coefficient (Wildman–Crippen LogP) is 12.9. The van der Waals surface area contributed by atoms with Crippen molar-refractivity contribution in [3.05, 3.63) is 176 Å². The van der Waals surface area contributed by atoms with Gasteiger partial charge in [-0.1, -0.05) is 109 Å². The van der Waals surface area contributed by atoms with Crippen LogP contribution in [0.4, 0.5) is 0 Å². The van der Waals surface area contributed by atoms with Crippen molar-refractivity contribution < 1.29 is 0 Å². The lowest BCUT2D eigenvalue weighted by Crippen LogP contribution is -1.95. The molecule has 0 unspecified atom stereocenters. The minimum atomic E-state index is 1.08. The summed E-state index contributed by atoms with van der Waals surface area (Å²) < 4.78 is 4.85. The standard InChI is InChI=1S/C49H29N3/c1-2-11-34(12-3-1)52-46-24-19-33(28-43(46)40-21-17-30-9-4-5-13-36(30)49(40)52)32-18-23-45-42(27-32)37-14-6-7-16-44(37)51(45)35-20-22-39-41(29-35)38-15-8-10-31-25-26-50-48(39)47(31)38/h1-29H. The Morgan fingerprint density at radius 1 is 0.365 bits per heavy atom. The highest BCUT2D eigenvalue weighted by Gasteiger charge is 2.24. The molecule has 0 aliphatic heterocycles. The summed E-state index contributed by atoms with van der Waals surface area (Å²) in [6.07, 6.45) is 1.93. The summed E-state index contributed by atoms with van der Waals surface area (Å²) in [4.78, 5) is 4.81. The molecule has 0 N–H and O–H groups in total. The molecular weight excluding hydrogens is 631 g/mol. The molecule has 0 atom stereocenters. The van der Waals surface area contributed by atoms with Crippen LogP contribution in [0.15, 0.2) is 176 Å². The maximum absolute atomic E-state index is 4.81. The highest BCUT2D eigenvalue weighted by molar-refractivity contribution is 6.20. The molecule has 3 heterocycles. The molecule has 0 radical (unpaired) electrons. The quantitative estimate of drug-likeness (QED) is 0.185. The van der Waals surface area contributed by atoms with Crippen LogP contribution in [0.5, 0.6) is 0 Å². The van der Waals surface area contributed by atoms with Gasteiger partial charge < -0.3 is 9.13 Å². The molecule has 3 nitrogen and oxygen atoms in total. The highest BCUT2D eigenvalue weighted by Crippen LogP contribution is 2.47. The molecule has 0 saturated heterocycles. The molecular formula is C49H29N3. The Kier molecular flexibility index (Phi) is 5.50. The van der Waals surface area contributed by atoms with E-state index in [1.807, 2.05) is 6.20 Å². The van der Waals surface area contributed by atoms with Gasteiger partial charge in [0.05, 0.1) is 27.8 Å². The topological polar surface area (TPSA) is 22.8 Å². The van der Waals surface area contributed by atoms with Gasteiger partial charge in [0, 0.05) is 55.5 Å². The summed E-state index contributed by atoms with van der Waals surface area (Å²) in [5, 5.41) is 10.0. The van der Waals surface area contributed by atoms with Crippen molar-refractivity contribution in [3.8, 4) is 44.9 Å². The fourth-order valence-electron chi connectivity index (χ4n) is 9.00. The van der Waals surface area contributed by atoms with Crippen LogP contribution in [0.1, 0.15) is 0 Å². The van der Waals surface area contributed by atoms with E-state index in [4.69, 9.17) is 4.98 Å². The molecule has 1 aliphatic rings. The Morgan fingerprint density at radius 2 is 1.08 bits per heavy atom. The second kappa shape index (κ2) is 10.3. The van der Waals surface area contributed by atoms with Gasteiger partial charge in [0.2, 0.25) is 0 Å². The average molecular weight is 660 g/mol. The Bertz CT molecular complexity index is 3280. The Balaban J connectivity index is 1.06. The molecule has 3 heteroatoms. The predicted molar refractivity (Wildman–Crippen MR) is 218 cm³/mol. The van der Waals surface area contributed by atoms with E-state index in [1.54, 1.807) is 0 Å². The van der Waals surface area contributed by atoms with Crippen LogP contribution in [0.25, 0.3) is 110 Å². The lowest BCUT2D eigenvalue weighted by Gasteiger charge is -2.11. The lowest BCUT2D eigenvalue weighted by molar-refractivity contribution is 1.18. The van der Waals surface area contributed by atoms with Crippen molar-refractivity contribution in [2.75, 3.05) is 0 Å². The van der Waals surface area contributed by atoms with Gasteiger partial charge in [0.15, 0.2) is 0 Å². The van der Waals surface area contributed by atoms with Gasteiger partial charge in [0.1, 0.15) is 0 Å². The first-order valence-electron chi connectivity index (χ1n) is 17.9. The fourth-order valence-corrected chi connectivity index (χ4v) is 9.00. The number of aromatic nitrogens is 3.